The molecule has 1 fully saturated rings. The Labute approximate surface area is 218 Å². The Balaban J connectivity index is 1.45. The molecule has 2 aromatic rings. The number of hydrogen-bond donors (Lipinski definition) is 2. The Bertz CT molecular complexity index is 1360. The summed E-state index contributed by atoms with van der Waals surface area (Å²) in [5.74, 6) is -0.0481. The molecule has 2 N–H and O–H groups in total. The Morgan fingerprint density at radius 2 is 1.65 bits per heavy atom. The van der Waals surface area contributed by atoms with Crippen LogP contribution in [-0.2, 0) is 24.8 Å². The summed E-state index contributed by atoms with van der Waals surface area (Å²) in [7, 11) is -7.59. The van der Waals surface area contributed by atoms with E-state index in [1.165, 1.54) is 52.8 Å². The molecule has 2 aliphatic heterocycles. The van der Waals surface area contributed by atoms with Crippen molar-refractivity contribution in [3.8, 4) is 0 Å². The fraction of sp³-hybridized carbons (Fsp3) is 0.440. The van der Waals surface area contributed by atoms with Gasteiger partial charge in [-0.15, -0.1) is 0 Å². The lowest BCUT2D eigenvalue weighted by molar-refractivity contribution is -0.0440. The van der Waals surface area contributed by atoms with Crippen molar-refractivity contribution in [3.05, 3.63) is 54.1 Å². The molecule has 12 heteroatoms. The van der Waals surface area contributed by atoms with E-state index in [1.807, 2.05) is 13.8 Å². The number of ether oxygens (including phenoxy) is 1. The van der Waals surface area contributed by atoms with Crippen LogP contribution in [0.1, 0.15) is 49.9 Å². The highest BCUT2D eigenvalue weighted by Crippen LogP contribution is 2.23. The molecule has 0 spiro atoms. The first kappa shape index (κ1) is 27.2. The number of rotatable bonds is 6. The number of hydrogen-bond acceptors (Lipinski definition) is 7. The number of benzene rings is 2. The zero-order chi connectivity index (χ0) is 26.6. The van der Waals surface area contributed by atoms with Gasteiger partial charge in [0.05, 0.1) is 22.0 Å². The van der Waals surface area contributed by atoms with E-state index in [9.17, 15) is 21.6 Å². The quantitative estimate of drug-likeness (QED) is 0.570. The zero-order valence-electron chi connectivity index (χ0n) is 20.9. The number of nitrogens with zero attached hydrogens (tertiary/aromatic N) is 2. The highest BCUT2D eigenvalue weighted by molar-refractivity contribution is 7.90. The van der Waals surface area contributed by atoms with E-state index in [0.29, 0.717) is 24.5 Å². The number of carbonyl (C=O) groups excluding carboxylic acids is 1. The summed E-state index contributed by atoms with van der Waals surface area (Å²) in [4.78, 5) is 17.2. The third kappa shape index (κ3) is 6.75. The normalized spacial score (nSPS) is 21.5. The third-order valence-electron chi connectivity index (χ3n) is 6.17. The average Bonchev–Trinajstić information content (AvgIpc) is 3.12. The minimum Gasteiger partial charge on any atom is -0.373 e. The summed E-state index contributed by atoms with van der Waals surface area (Å²) < 4.78 is 61.3. The lowest BCUT2D eigenvalue weighted by Gasteiger charge is -2.34. The molecule has 0 bridgehead atoms. The van der Waals surface area contributed by atoms with Crippen LogP contribution >= 0.6 is 0 Å². The predicted molar refractivity (Wildman–Crippen MR) is 141 cm³/mol. The molecule has 0 aliphatic carbocycles. The molecular weight excluding hydrogens is 516 g/mol. The van der Waals surface area contributed by atoms with Crippen molar-refractivity contribution >= 4 is 37.5 Å². The molecular formula is C25H32N4O6S2. The largest absolute Gasteiger partial charge is 0.373 e. The van der Waals surface area contributed by atoms with Crippen molar-refractivity contribution in [1.29, 1.82) is 0 Å². The Kier molecular flexibility index (Phi) is 8.32. The van der Waals surface area contributed by atoms with E-state index in [2.05, 4.69) is 15.0 Å². The van der Waals surface area contributed by atoms with Crippen LogP contribution in [0.2, 0.25) is 0 Å². The van der Waals surface area contributed by atoms with Gasteiger partial charge in [0.25, 0.3) is 15.9 Å². The number of amidine groups is 1. The molecule has 37 heavy (non-hydrogen) atoms. The van der Waals surface area contributed by atoms with Crippen molar-refractivity contribution in [2.75, 3.05) is 25.0 Å². The first-order valence-electron chi connectivity index (χ1n) is 12.3. The van der Waals surface area contributed by atoms with Gasteiger partial charge in [-0.25, -0.2) is 16.8 Å². The van der Waals surface area contributed by atoms with E-state index in [-0.39, 0.29) is 40.7 Å². The van der Waals surface area contributed by atoms with Crippen LogP contribution < -0.4 is 10.0 Å². The van der Waals surface area contributed by atoms with Crippen molar-refractivity contribution in [3.63, 3.8) is 0 Å². The van der Waals surface area contributed by atoms with Crippen molar-refractivity contribution in [1.82, 2.24) is 9.03 Å². The smallest absolute Gasteiger partial charge is 0.262 e. The third-order valence-corrected chi connectivity index (χ3v) is 9.39. The van der Waals surface area contributed by atoms with Gasteiger partial charge in [-0.2, -0.15) is 4.31 Å². The minimum absolute atomic E-state index is 0.0235. The molecule has 0 aromatic heterocycles. The molecule has 2 aliphatic rings. The minimum atomic E-state index is -3.80. The van der Waals surface area contributed by atoms with Gasteiger partial charge in [-0.1, -0.05) is 12.5 Å². The van der Waals surface area contributed by atoms with Gasteiger partial charge in [0.1, 0.15) is 5.84 Å². The molecule has 0 saturated carbocycles. The number of sulfonamides is 2. The van der Waals surface area contributed by atoms with E-state index in [0.717, 1.165) is 19.3 Å². The standard InChI is InChI=1S/C25H32N4O6S2/c1-18-16-29(17-19(2)35-18)37(33,34)23-8-6-7-20(15-23)25(30)27-21-10-12-22(13-11-21)36(31,32)28-24-9-4-3-5-14-26-24/h6-8,10-13,15,18-19H,3-5,9,14,16-17H2,1-2H3,(H,26,28)(H,27,30)/t18-,19-/m1/s1. The van der Waals surface area contributed by atoms with Crippen LogP contribution in [0.5, 0.6) is 0 Å². The van der Waals surface area contributed by atoms with Crippen LogP contribution in [0.25, 0.3) is 0 Å². The number of carbonyl (C=O) groups is 1. The second kappa shape index (κ2) is 11.3. The van der Waals surface area contributed by atoms with Crippen LogP contribution in [0.3, 0.4) is 0 Å². The van der Waals surface area contributed by atoms with Gasteiger partial charge in [-0.05, 0) is 69.2 Å². The van der Waals surface area contributed by atoms with Crippen molar-refractivity contribution < 1.29 is 26.4 Å². The zero-order valence-corrected chi connectivity index (χ0v) is 22.5. The average molecular weight is 549 g/mol. The van der Waals surface area contributed by atoms with Gasteiger partial charge in [0.2, 0.25) is 10.0 Å². The number of morpholine rings is 1. The molecule has 1 amide bonds. The second-order valence-corrected chi connectivity index (χ2v) is 13.0. The SMILES string of the molecule is C[C@@H]1CN(S(=O)(=O)c2cccc(C(=O)Nc3ccc(S(=O)(=O)NC4=NCCCCC4)cc3)c2)C[C@@H](C)O1. The molecule has 2 atom stereocenters. The maximum absolute atomic E-state index is 13.2. The summed E-state index contributed by atoms with van der Waals surface area (Å²) in [6.07, 6.45) is 2.98. The van der Waals surface area contributed by atoms with E-state index < -0.39 is 26.0 Å². The summed E-state index contributed by atoms with van der Waals surface area (Å²) in [6, 6.07) is 11.6. The fourth-order valence-electron chi connectivity index (χ4n) is 4.37. The summed E-state index contributed by atoms with van der Waals surface area (Å²) >= 11 is 0. The van der Waals surface area contributed by atoms with Gasteiger partial charge in [0, 0.05) is 37.3 Å². The van der Waals surface area contributed by atoms with Crippen LogP contribution in [0, 0.1) is 0 Å². The Morgan fingerprint density at radius 1 is 0.946 bits per heavy atom. The van der Waals surface area contributed by atoms with Crippen LogP contribution in [0.15, 0.2) is 63.3 Å². The van der Waals surface area contributed by atoms with Gasteiger partial charge in [-0.3, -0.25) is 14.5 Å². The van der Waals surface area contributed by atoms with Crippen LogP contribution in [0.4, 0.5) is 5.69 Å². The summed E-state index contributed by atoms with van der Waals surface area (Å²) in [5, 5.41) is 2.69. The van der Waals surface area contributed by atoms with E-state index in [1.54, 1.807) is 0 Å². The first-order valence-corrected chi connectivity index (χ1v) is 15.2. The summed E-state index contributed by atoms with van der Waals surface area (Å²) in [6.45, 7) is 4.72. The topological polar surface area (TPSA) is 134 Å². The van der Waals surface area contributed by atoms with E-state index in [4.69, 9.17) is 4.74 Å². The number of aliphatic imine (C=N–C) groups is 1. The Hall–Kier alpha value is -2.80. The lowest BCUT2D eigenvalue weighted by Crippen LogP contribution is -2.48. The molecule has 2 heterocycles. The molecule has 2 aromatic carbocycles. The van der Waals surface area contributed by atoms with Crippen LogP contribution in [-0.4, -0.2) is 64.7 Å². The molecule has 200 valence electrons. The molecule has 10 nitrogen and oxygen atoms in total. The maximum Gasteiger partial charge on any atom is 0.262 e. The maximum atomic E-state index is 13.2. The van der Waals surface area contributed by atoms with Crippen molar-refractivity contribution in [2.24, 2.45) is 4.99 Å². The molecule has 4 rings (SSSR count). The first-order chi connectivity index (χ1) is 17.5. The molecule has 1 saturated heterocycles. The number of anilines is 1. The van der Waals surface area contributed by atoms with Crippen molar-refractivity contribution in [2.45, 2.75) is 61.5 Å². The Morgan fingerprint density at radius 3 is 2.35 bits per heavy atom. The van der Waals surface area contributed by atoms with Gasteiger partial charge >= 0.3 is 0 Å². The number of nitrogens with one attached hydrogen (secondary N) is 2. The molecule has 0 unspecified atom stereocenters. The molecule has 0 radical (unpaired) electrons. The second-order valence-electron chi connectivity index (χ2n) is 9.33. The number of amides is 1. The monoisotopic (exact) mass is 548 g/mol. The fourth-order valence-corrected chi connectivity index (χ4v) is 7.09. The lowest BCUT2D eigenvalue weighted by atomic mass is 10.2. The highest BCUT2D eigenvalue weighted by Gasteiger charge is 2.32. The van der Waals surface area contributed by atoms with Gasteiger partial charge in [0.15, 0.2) is 0 Å². The summed E-state index contributed by atoms with van der Waals surface area (Å²) in [5.41, 5.74) is 0.542. The highest BCUT2D eigenvalue weighted by atomic mass is 32.2. The predicted octanol–water partition coefficient (Wildman–Crippen LogP) is 2.99. The van der Waals surface area contributed by atoms with E-state index >= 15 is 0 Å². The van der Waals surface area contributed by atoms with Gasteiger partial charge < -0.3 is 10.1 Å².